The van der Waals surface area contributed by atoms with Gasteiger partial charge in [-0.05, 0) is 24.3 Å². The van der Waals surface area contributed by atoms with E-state index in [2.05, 4.69) is 0 Å². The third-order valence-electron chi connectivity index (χ3n) is 2.04. The zero-order valence-corrected chi connectivity index (χ0v) is 8.46. The molecule has 0 aliphatic heterocycles. The predicted molar refractivity (Wildman–Crippen MR) is 59.5 cm³/mol. The summed E-state index contributed by atoms with van der Waals surface area (Å²) >= 11 is 0. The first-order valence-corrected chi connectivity index (χ1v) is 4.82. The number of hydrogen-bond acceptors (Lipinski definition) is 3. The number of hydrogen-bond donors (Lipinski definition) is 1. The van der Waals surface area contributed by atoms with Crippen LogP contribution in [0.15, 0.2) is 54.6 Å². The lowest BCUT2D eigenvalue weighted by Crippen LogP contribution is -2.07. The van der Waals surface area contributed by atoms with E-state index in [0.29, 0.717) is 11.3 Å². The minimum atomic E-state index is -0.439. The van der Waals surface area contributed by atoms with Crippen molar-refractivity contribution in [2.45, 2.75) is 0 Å². The van der Waals surface area contributed by atoms with Crippen molar-refractivity contribution in [3.05, 3.63) is 60.2 Å². The Bertz CT molecular complexity index is 492. The first-order valence-electron chi connectivity index (χ1n) is 4.82. The second-order valence-electron chi connectivity index (χ2n) is 3.25. The maximum atomic E-state index is 11.6. The van der Waals surface area contributed by atoms with Gasteiger partial charge in [-0.15, -0.1) is 0 Å². The zero-order chi connectivity index (χ0) is 11.4. The van der Waals surface area contributed by atoms with Crippen LogP contribution in [0.4, 0.5) is 0 Å². The summed E-state index contributed by atoms with van der Waals surface area (Å²) in [6.07, 6.45) is 0. The number of rotatable bonds is 2. The van der Waals surface area contributed by atoms with E-state index < -0.39 is 5.97 Å². The van der Waals surface area contributed by atoms with Gasteiger partial charge in [0.15, 0.2) is 0 Å². The van der Waals surface area contributed by atoms with Gasteiger partial charge in [0.05, 0.1) is 5.56 Å². The van der Waals surface area contributed by atoms with Crippen molar-refractivity contribution in [1.29, 1.82) is 0 Å². The summed E-state index contributed by atoms with van der Waals surface area (Å²) in [5.74, 6) is -0.0431. The first-order chi connectivity index (χ1) is 7.75. The van der Waals surface area contributed by atoms with Gasteiger partial charge in [-0.25, -0.2) is 4.79 Å². The molecule has 0 amide bonds. The van der Waals surface area contributed by atoms with Crippen LogP contribution in [-0.4, -0.2) is 11.1 Å². The van der Waals surface area contributed by atoms with Gasteiger partial charge in [0.25, 0.3) is 0 Å². The third kappa shape index (κ3) is 2.39. The molecule has 0 atom stereocenters. The van der Waals surface area contributed by atoms with Crippen LogP contribution in [0, 0.1) is 0 Å². The van der Waals surface area contributed by atoms with E-state index in [1.165, 1.54) is 12.1 Å². The lowest BCUT2D eigenvalue weighted by atomic mass is 10.2. The molecule has 0 bridgehead atoms. The van der Waals surface area contributed by atoms with Crippen molar-refractivity contribution < 1.29 is 14.6 Å². The molecule has 0 fully saturated rings. The molecule has 0 aliphatic rings. The van der Waals surface area contributed by atoms with E-state index in [4.69, 9.17) is 4.74 Å². The zero-order valence-electron chi connectivity index (χ0n) is 8.46. The number of benzene rings is 2. The molecule has 3 nitrogen and oxygen atoms in total. The molecule has 0 heterocycles. The van der Waals surface area contributed by atoms with Crippen LogP contribution in [0.5, 0.6) is 11.5 Å². The van der Waals surface area contributed by atoms with Crippen LogP contribution < -0.4 is 4.74 Å². The van der Waals surface area contributed by atoms with E-state index in [0.717, 1.165) is 0 Å². The lowest BCUT2D eigenvalue weighted by molar-refractivity contribution is 0.0734. The molecule has 2 rings (SSSR count). The van der Waals surface area contributed by atoms with Gasteiger partial charge in [-0.3, -0.25) is 0 Å². The molecule has 2 aromatic rings. The molecule has 1 N–H and O–H groups in total. The predicted octanol–water partition coefficient (Wildman–Crippen LogP) is 2.61. The smallest absolute Gasteiger partial charge is 0.343 e. The number of carbonyl (C=O) groups is 1. The highest BCUT2D eigenvalue weighted by Gasteiger charge is 2.07. The van der Waals surface area contributed by atoms with Crippen LogP contribution in [0.1, 0.15) is 10.4 Å². The number of phenolic OH excluding ortho intramolecular Hbond substituents is 1. The molecule has 0 spiro atoms. The number of ether oxygens (including phenoxy) is 1. The number of aromatic hydroxyl groups is 1. The van der Waals surface area contributed by atoms with E-state index in [1.54, 1.807) is 36.4 Å². The summed E-state index contributed by atoms with van der Waals surface area (Å²) in [6, 6.07) is 14.8. The average molecular weight is 214 g/mol. The summed E-state index contributed by atoms with van der Waals surface area (Å²) in [6.45, 7) is 0. The van der Waals surface area contributed by atoms with Gasteiger partial charge >= 0.3 is 5.97 Å². The van der Waals surface area contributed by atoms with Gasteiger partial charge in [-0.2, -0.15) is 0 Å². The second kappa shape index (κ2) is 4.49. The van der Waals surface area contributed by atoms with Crippen molar-refractivity contribution in [1.82, 2.24) is 0 Å². The molecular weight excluding hydrogens is 204 g/mol. The summed E-state index contributed by atoms with van der Waals surface area (Å²) in [5, 5.41) is 9.21. The summed E-state index contributed by atoms with van der Waals surface area (Å²) in [5.41, 5.74) is 0.478. The fourth-order valence-electron chi connectivity index (χ4n) is 1.29. The standard InChI is InChI=1S/C13H10O3/c14-11-7-4-8-12(9-11)16-13(15)10-5-2-1-3-6-10/h1-9,14H. The molecule has 0 radical (unpaired) electrons. The number of carbonyl (C=O) groups excluding carboxylic acids is 1. The molecule has 0 aromatic heterocycles. The van der Waals surface area contributed by atoms with E-state index >= 15 is 0 Å². The monoisotopic (exact) mass is 214 g/mol. The van der Waals surface area contributed by atoms with Gasteiger partial charge in [-0.1, -0.05) is 24.3 Å². The Morgan fingerprint density at radius 3 is 2.44 bits per heavy atom. The fourth-order valence-corrected chi connectivity index (χ4v) is 1.29. The highest BCUT2D eigenvalue weighted by atomic mass is 16.5. The molecule has 2 aromatic carbocycles. The Labute approximate surface area is 92.9 Å². The van der Waals surface area contributed by atoms with Gasteiger partial charge in [0, 0.05) is 6.07 Å². The summed E-state index contributed by atoms with van der Waals surface area (Å²) in [4.78, 5) is 11.6. The van der Waals surface area contributed by atoms with Crippen LogP contribution in [0.25, 0.3) is 0 Å². The van der Waals surface area contributed by atoms with E-state index in [1.807, 2.05) is 6.07 Å². The topological polar surface area (TPSA) is 46.5 Å². The Balaban J connectivity index is 2.14. The van der Waals surface area contributed by atoms with Crippen molar-refractivity contribution >= 4 is 5.97 Å². The van der Waals surface area contributed by atoms with E-state index in [9.17, 15) is 9.90 Å². The van der Waals surface area contributed by atoms with Crippen molar-refractivity contribution in [2.24, 2.45) is 0 Å². The fraction of sp³-hybridized carbons (Fsp3) is 0. The summed E-state index contributed by atoms with van der Waals surface area (Å²) < 4.78 is 5.08. The third-order valence-corrected chi connectivity index (χ3v) is 2.04. The minimum Gasteiger partial charge on any atom is -0.508 e. The second-order valence-corrected chi connectivity index (χ2v) is 3.25. The Kier molecular flexibility index (Phi) is 2.87. The maximum Gasteiger partial charge on any atom is 0.343 e. The molecule has 80 valence electrons. The maximum absolute atomic E-state index is 11.6. The number of esters is 1. The SMILES string of the molecule is O=C(Oc1cccc(O)c1)c1ccccc1. The van der Waals surface area contributed by atoms with Crippen LogP contribution in [0.3, 0.4) is 0 Å². The highest BCUT2D eigenvalue weighted by Crippen LogP contribution is 2.18. The molecule has 0 aliphatic carbocycles. The van der Waals surface area contributed by atoms with Crippen molar-refractivity contribution in [3.8, 4) is 11.5 Å². The summed E-state index contributed by atoms with van der Waals surface area (Å²) in [7, 11) is 0. The quantitative estimate of drug-likeness (QED) is 0.617. The van der Waals surface area contributed by atoms with Crippen LogP contribution >= 0.6 is 0 Å². The Morgan fingerprint density at radius 2 is 1.75 bits per heavy atom. The largest absolute Gasteiger partial charge is 0.508 e. The Morgan fingerprint density at radius 1 is 1.00 bits per heavy atom. The average Bonchev–Trinajstić information content (AvgIpc) is 2.30. The van der Waals surface area contributed by atoms with Gasteiger partial charge in [0.2, 0.25) is 0 Å². The molecule has 0 saturated heterocycles. The first kappa shape index (κ1) is 10.2. The Hall–Kier alpha value is -2.29. The molecule has 3 heteroatoms. The molecule has 0 unspecified atom stereocenters. The minimum absolute atomic E-state index is 0.0679. The van der Waals surface area contributed by atoms with Gasteiger partial charge < -0.3 is 9.84 Å². The van der Waals surface area contributed by atoms with Crippen LogP contribution in [-0.2, 0) is 0 Å². The van der Waals surface area contributed by atoms with Crippen LogP contribution in [0.2, 0.25) is 0 Å². The molecule has 0 saturated carbocycles. The highest BCUT2D eigenvalue weighted by molar-refractivity contribution is 5.90. The van der Waals surface area contributed by atoms with Crippen molar-refractivity contribution in [2.75, 3.05) is 0 Å². The van der Waals surface area contributed by atoms with Crippen molar-refractivity contribution in [3.63, 3.8) is 0 Å². The normalized spacial score (nSPS) is 9.75. The molecule has 16 heavy (non-hydrogen) atoms. The van der Waals surface area contributed by atoms with E-state index in [-0.39, 0.29) is 5.75 Å². The lowest BCUT2D eigenvalue weighted by Gasteiger charge is -2.04. The number of phenols is 1. The van der Waals surface area contributed by atoms with Gasteiger partial charge in [0.1, 0.15) is 11.5 Å². The molecular formula is C13H10O3.